The second kappa shape index (κ2) is 7.84. The maximum absolute atomic E-state index is 4.79. The molecule has 0 amide bonds. The van der Waals surface area contributed by atoms with Crippen LogP contribution in [0.15, 0.2) is 24.4 Å². The zero-order valence-corrected chi connectivity index (χ0v) is 15.8. The second-order valence-corrected chi connectivity index (χ2v) is 6.91. The second-order valence-electron chi connectivity index (χ2n) is 6.91. The summed E-state index contributed by atoms with van der Waals surface area (Å²) in [6, 6.07) is 5.82. The van der Waals surface area contributed by atoms with Gasteiger partial charge in [0.15, 0.2) is 5.82 Å². The summed E-state index contributed by atoms with van der Waals surface area (Å²) in [5.41, 5.74) is 6.68. The Bertz CT molecular complexity index is 898. The van der Waals surface area contributed by atoms with E-state index in [1.54, 1.807) is 6.20 Å². The fraction of sp³-hybridized carbons (Fsp3) is 0.400. The molecule has 140 valence electrons. The smallest absolute Gasteiger partial charge is 0.180 e. The van der Waals surface area contributed by atoms with Gasteiger partial charge in [-0.1, -0.05) is 6.07 Å². The summed E-state index contributed by atoms with van der Waals surface area (Å²) in [6.07, 6.45) is 4.75. The van der Waals surface area contributed by atoms with Crippen LogP contribution < -0.4 is 10.6 Å². The van der Waals surface area contributed by atoms with Crippen LogP contribution in [0, 0.1) is 13.8 Å². The van der Waals surface area contributed by atoms with Gasteiger partial charge in [0.1, 0.15) is 11.5 Å². The van der Waals surface area contributed by atoms with Crippen LogP contribution in [0.4, 0.5) is 5.82 Å². The van der Waals surface area contributed by atoms with Crippen LogP contribution in [-0.4, -0.2) is 38.2 Å². The summed E-state index contributed by atoms with van der Waals surface area (Å²) in [5, 5.41) is 14.3. The molecular formula is C20H25N7. The molecule has 0 aliphatic carbocycles. The first-order chi connectivity index (χ1) is 13.2. The Morgan fingerprint density at radius 1 is 1.19 bits per heavy atom. The van der Waals surface area contributed by atoms with E-state index in [4.69, 9.17) is 9.97 Å². The van der Waals surface area contributed by atoms with Crippen LogP contribution in [-0.2, 0) is 19.4 Å². The highest BCUT2D eigenvalue weighted by atomic mass is 15.1. The number of aromatic amines is 1. The predicted octanol–water partition coefficient (Wildman–Crippen LogP) is 2.57. The van der Waals surface area contributed by atoms with Gasteiger partial charge in [0, 0.05) is 30.5 Å². The van der Waals surface area contributed by atoms with Crippen molar-refractivity contribution in [2.75, 3.05) is 18.4 Å². The number of aryl methyl sites for hydroxylation is 2. The lowest BCUT2D eigenvalue weighted by Gasteiger charge is -2.20. The number of nitrogens with zero attached hydrogens (tertiary/aromatic N) is 4. The first-order valence-corrected chi connectivity index (χ1v) is 9.48. The van der Waals surface area contributed by atoms with Crippen molar-refractivity contribution in [3.63, 3.8) is 0 Å². The molecule has 0 radical (unpaired) electrons. The molecule has 7 heteroatoms. The minimum absolute atomic E-state index is 0.682. The summed E-state index contributed by atoms with van der Waals surface area (Å²) in [7, 11) is 0. The third-order valence-corrected chi connectivity index (χ3v) is 5.01. The number of H-pyrrole nitrogens is 1. The highest BCUT2D eigenvalue weighted by molar-refractivity contribution is 5.57. The van der Waals surface area contributed by atoms with Gasteiger partial charge in [0.05, 0.1) is 11.4 Å². The van der Waals surface area contributed by atoms with Crippen molar-refractivity contribution in [3.8, 4) is 11.5 Å². The maximum atomic E-state index is 4.79. The Labute approximate surface area is 159 Å². The number of rotatable bonds is 6. The van der Waals surface area contributed by atoms with Crippen LogP contribution in [0.1, 0.15) is 34.6 Å². The number of pyridine rings is 1. The number of aromatic nitrogens is 5. The first kappa shape index (κ1) is 17.6. The fourth-order valence-electron chi connectivity index (χ4n) is 3.53. The van der Waals surface area contributed by atoms with Crippen molar-refractivity contribution >= 4 is 5.82 Å². The van der Waals surface area contributed by atoms with Gasteiger partial charge < -0.3 is 10.6 Å². The van der Waals surface area contributed by atoms with E-state index < -0.39 is 0 Å². The number of nitrogens with one attached hydrogen (secondary N) is 3. The zero-order valence-electron chi connectivity index (χ0n) is 15.8. The zero-order chi connectivity index (χ0) is 18.6. The summed E-state index contributed by atoms with van der Waals surface area (Å²) in [4.78, 5) is 13.9. The van der Waals surface area contributed by atoms with E-state index in [1.807, 2.05) is 18.2 Å². The molecule has 0 saturated heterocycles. The monoisotopic (exact) mass is 363 g/mol. The Hall–Kier alpha value is -2.80. The molecule has 27 heavy (non-hydrogen) atoms. The summed E-state index contributed by atoms with van der Waals surface area (Å²) >= 11 is 0. The lowest BCUT2D eigenvalue weighted by atomic mass is 10.1. The number of hydrogen-bond acceptors (Lipinski definition) is 6. The molecule has 1 aliphatic rings. The Morgan fingerprint density at radius 3 is 2.89 bits per heavy atom. The highest BCUT2D eigenvalue weighted by Crippen LogP contribution is 2.24. The van der Waals surface area contributed by atoms with Crippen molar-refractivity contribution in [3.05, 3.63) is 52.6 Å². The molecule has 0 bridgehead atoms. The topological polar surface area (TPSA) is 91.4 Å². The molecule has 0 fully saturated rings. The molecule has 1 aliphatic heterocycles. The van der Waals surface area contributed by atoms with Gasteiger partial charge in [-0.05, 0) is 57.4 Å². The van der Waals surface area contributed by atoms with E-state index in [0.717, 1.165) is 67.5 Å². The van der Waals surface area contributed by atoms with E-state index in [-0.39, 0.29) is 0 Å². The van der Waals surface area contributed by atoms with Gasteiger partial charge in [-0.3, -0.25) is 10.1 Å². The molecule has 0 spiro atoms. The molecule has 0 saturated carbocycles. The van der Waals surface area contributed by atoms with Crippen molar-refractivity contribution in [1.29, 1.82) is 0 Å². The average molecular weight is 363 g/mol. The lowest BCUT2D eigenvalue weighted by Crippen LogP contribution is -2.27. The SMILES string of the molecule is Cc1n[nH]c(C)c1CCCNc1nc(-c2ccccn2)nc2c1CCNC2. The largest absolute Gasteiger partial charge is 0.370 e. The predicted molar refractivity (Wildman–Crippen MR) is 106 cm³/mol. The van der Waals surface area contributed by atoms with E-state index >= 15 is 0 Å². The molecule has 3 N–H and O–H groups in total. The average Bonchev–Trinajstić information content (AvgIpc) is 3.03. The van der Waals surface area contributed by atoms with Crippen LogP contribution in [0.3, 0.4) is 0 Å². The standard InChI is InChI=1S/C20H25N7/c1-13-15(14(2)27-26-13)6-5-10-23-19-16-8-11-21-12-18(16)24-20(25-19)17-7-3-4-9-22-17/h3-4,7,9,21H,5-6,8,10-12H2,1-2H3,(H,26,27)(H,23,24,25). The van der Waals surface area contributed by atoms with Gasteiger partial charge in [-0.15, -0.1) is 0 Å². The summed E-state index contributed by atoms with van der Waals surface area (Å²) < 4.78 is 0. The van der Waals surface area contributed by atoms with Gasteiger partial charge >= 0.3 is 0 Å². The van der Waals surface area contributed by atoms with Crippen LogP contribution in [0.5, 0.6) is 0 Å². The summed E-state index contributed by atoms with van der Waals surface area (Å²) in [6.45, 7) is 6.73. The highest BCUT2D eigenvalue weighted by Gasteiger charge is 2.18. The first-order valence-electron chi connectivity index (χ1n) is 9.48. The Balaban J connectivity index is 1.51. The third kappa shape index (κ3) is 3.83. The van der Waals surface area contributed by atoms with Gasteiger partial charge in [0.25, 0.3) is 0 Å². The van der Waals surface area contributed by atoms with Crippen LogP contribution in [0.2, 0.25) is 0 Å². The molecule has 3 aromatic rings. The van der Waals surface area contributed by atoms with Crippen LogP contribution >= 0.6 is 0 Å². The fourth-order valence-corrected chi connectivity index (χ4v) is 3.53. The molecule has 4 heterocycles. The minimum Gasteiger partial charge on any atom is -0.370 e. The maximum Gasteiger partial charge on any atom is 0.180 e. The molecular weight excluding hydrogens is 338 g/mol. The quantitative estimate of drug-likeness (QED) is 0.583. The van der Waals surface area contributed by atoms with E-state index in [9.17, 15) is 0 Å². The van der Waals surface area contributed by atoms with E-state index in [1.165, 1.54) is 11.1 Å². The van der Waals surface area contributed by atoms with Crippen molar-refractivity contribution in [1.82, 2.24) is 30.5 Å². The Morgan fingerprint density at radius 2 is 2.11 bits per heavy atom. The molecule has 0 atom stereocenters. The number of fused-ring (bicyclic) bond motifs is 1. The van der Waals surface area contributed by atoms with E-state index in [0.29, 0.717) is 5.82 Å². The number of hydrogen-bond donors (Lipinski definition) is 3. The van der Waals surface area contributed by atoms with E-state index in [2.05, 4.69) is 39.7 Å². The lowest BCUT2D eigenvalue weighted by molar-refractivity contribution is 0.624. The molecule has 0 unspecified atom stereocenters. The number of anilines is 1. The third-order valence-electron chi connectivity index (χ3n) is 5.01. The molecule has 7 nitrogen and oxygen atoms in total. The normalized spacial score (nSPS) is 13.4. The van der Waals surface area contributed by atoms with Crippen LogP contribution in [0.25, 0.3) is 11.5 Å². The van der Waals surface area contributed by atoms with Gasteiger partial charge in [0.2, 0.25) is 0 Å². The molecule has 0 aromatic carbocycles. The Kier molecular flexibility index (Phi) is 5.11. The minimum atomic E-state index is 0.682. The van der Waals surface area contributed by atoms with Crippen molar-refractivity contribution in [2.45, 2.75) is 39.7 Å². The molecule has 3 aromatic heterocycles. The summed E-state index contributed by atoms with van der Waals surface area (Å²) in [5.74, 6) is 1.63. The van der Waals surface area contributed by atoms with Crippen molar-refractivity contribution in [2.24, 2.45) is 0 Å². The molecule has 4 rings (SSSR count). The van der Waals surface area contributed by atoms with Crippen molar-refractivity contribution < 1.29 is 0 Å². The van der Waals surface area contributed by atoms with Gasteiger partial charge in [-0.2, -0.15) is 5.10 Å². The van der Waals surface area contributed by atoms with Gasteiger partial charge in [-0.25, -0.2) is 9.97 Å².